The zero-order valence-electron chi connectivity index (χ0n) is 27.1. The summed E-state index contributed by atoms with van der Waals surface area (Å²) in [7, 11) is 0. The van der Waals surface area contributed by atoms with E-state index in [1.807, 2.05) is 30.3 Å². The Morgan fingerprint density at radius 2 is 1.86 bits per heavy atom. The van der Waals surface area contributed by atoms with Crippen LogP contribution in [0, 0.1) is 46.3 Å². The second kappa shape index (κ2) is 11.2. The summed E-state index contributed by atoms with van der Waals surface area (Å²) in [6.45, 7) is 11.3. The molecule has 0 radical (unpaired) electrons. The summed E-state index contributed by atoms with van der Waals surface area (Å²) in [5, 5.41) is 0. The number of hydrogen-bond donors (Lipinski definition) is 0. The molecule has 2 aromatic rings. The number of nitrogens with zero attached hydrogens (tertiary/aromatic N) is 2. The van der Waals surface area contributed by atoms with Crippen LogP contribution in [0.3, 0.4) is 0 Å². The van der Waals surface area contributed by atoms with Crippen molar-refractivity contribution in [1.29, 1.82) is 0 Å². The molecule has 1 spiro atoms. The lowest BCUT2D eigenvalue weighted by atomic mass is 9.46. The van der Waals surface area contributed by atoms with Gasteiger partial charge in [0.25, 0.3) is 0 Å². The largest absolute Gasteiger partial charge is 1.00 e. The Morgan fingerprint density at radius 1 is 1.05 bits per heavy atom. The first-order valence-corrected chi connectivity index (χ1v) is 17.4. The van der Waals surface area contributed by atoms with Crippen molar-refractivity contribution in [1.82, 2.24) is 4.57 Å². The van der Waals surface area contributed by atoms with Crippen molar-refractivity contribution >= 4 is 5.78 Å². The molecule has 5 nitrogen and oxygen atoms in total. The number of halogens is 1. The van der Waals surface area contributed by atoms with Gasteiger partial charge in [-0.3, -0.25) is 4.79 Å². The Kier molecular flexibility index (Phi) is 7.85. The molecular weight excluding hydrogens is 612 g/mol. The molecule has 2 saturated heterocycles. The van der Waals surface area contributed by atoms with Gasteiger partial charge in [0.15, 0.2) is 12.3 Å². The Morgan fingerprint density at radius 3 is 2.64 bits per heavy atom. The van der Waals surface area contributed by atoms with Crippen LogP contribution < -0.4 is 21.5 Å². The number of allylic oxidation sites excluding steroid dienone is 2. The number of fused-ring (bicyclic) bond motifs is 7. The zero-order valence-corrected chi connectivity index (χ0v) is 28.7. The minimum Gasteiger partial charge on any atom is -1.00 e. The van der Waals surface area contributed by atoms with E-state index < -0.39 is 0 Å². The Hall–Kier alpha value is -1.76. The van der Waals surface area contributed by atoms with E-state index in [4.69, 9.17) is 9.47 Å². The third-order valence-electron chi connectivity index (χ3n) is 13.9. The first kappa shape index (κ1) is 30.9. The second-order valence-corrected chi connectivity index (χ2v) is 16.0. The highest BCUT2D eigenvalue weighted by Crippen LogP contribution is 2.70. The van der Waals surface area contributed by atoms with Crippen molar-refractivity contribution < 1.29 is 35.8 Å². The van der Waals surface area contributed by atoms with E-state index in [0.29, 0.717) is 47.3 Å². The van der Waals surface area contributed by atoms with Crippen LogP contribution in [0.1, 0.15) is 102 Å². The molecule has 1 aromatic carbocycles. The van der Waals surface area contributed by atoms with Gasteiger partial charge in [0.05, 0.1) is 12.7 Å². The van der Waals surface area contributed by atoms with E-state index in [-0.39, 0.29) is 28.6 Å². The van der Waals surface area contributed by atoms with Crippen molar-refractivity contribution in [2.75, 3.05) is 6.61 Å². The van der Waals surface area contributed by atoms with Crippen LogP contribution in [-0.4, -0.2) is 28.8 Å². The molecule has 238 valence electrons. The number of aromatic nitrogens is 2. The first-order chi connectivity index (χ1) is 20.7. The van der Waals surface area contributed by atoms with Crippen molar-refractivity contribution in [3.05, 3.63) is 66.3 Å². The van der Waals surface area contributed by atoms with Gasteiger partial charge >= 0.3 is 0 Å². The van der Waals surface area contributed by atoms with Crippen LogP contribution in [0.15, 0.2) is 60.7 Å². The average molecular weight is 664 g/mol. The molecule has 0 bridgehead atoms. The Labute approximate surface area is 274 Å². The van der Waals surface area contributed by atoms with Crippen molar-refractivity contribution in [2.24, 2.45) is 46.3 Å². The van der Waals surface area contributed by atoms with Gasteiger partial charge in [-0.1, -0.05) is 69.7 Å². The second-order valence-electron chi connectivity index (χ2n) is 16.0. The number of benzene rings is 1. The van der Waals surface area contributed by atoms with Crippen molar-refractivity contribution in [3.63, 3.8) is 0 Å². The van der Waals surface area contributed by atoms with Crippen LogP contribution in [0.25, 0.3) is 0 Å². The lowest BCUT2D eigenvalue weighted by molar-refractivity contribution is -0.682. The lowest BCUT2D eigenvalue weighted by Gasteiger charge is -2.58. The normalized spacial score (nSPS) is 44.1. The number of ketones is 1. The molecule has 3 saturated carbocycles. The van der Waals surface area contributed by atoms with Gasteiger partial charge in [-0.15, -0.1) is 0 Å². The molecular formula is C38H51BrN2O3. The number of carbonyl (C=O) groups is 1. The number of Topliss-reactive ketones (excluding diaryl/α,β-unsaturated/α-hetero) is 1. The zero-order chi connectivity index (χ0) is 29.6. The van der Waals surface area contributed by atoms with Gasteiger partial charge in [-0.2, -0.15) is 0 Å². The SMILES string of the molecule is C[C@@H]1CC[C@@]2(OC1)O[C@H]1C[C@H]3[C@@H]4CC=C5C[C@H](n6cc[n+](CC(=O)c7ccccc7)c6)CC[C@]5(C)[C@H]4CC[C@]3(C)[C@H]1[C@@H]2C.[Br-]. The fraction of sp³-hybridized carbons (Fsp3) is 0.684. The van der Waals surface area contributed by atoms with Crippen LogP contribution in [-0.2, 0) is 16.0 Å². The summed E-state index contributed by atoms with van der Waals surface area (Å²) in [6.07, 6.45) is 20.6. The van der Waals surface area contributed by atoms with Gasteiger partial charge in [-0.05, 0) is 85.4 Å². The van der Waals surface area contributed by atoms with E-state index in [1.165, 1.54) is 44.9 Å². The van der Waals surface area contributed by atoms with Gasteiger partial charge in [0, 0.05) is 24.3 Å². The summed E-state index contributed by atoms with van der Waals surface area (Å²) in [4.78, 5) is 12.8. The molecule has 11 atom stereocenters. The molecule has 8 rings (SSSR count). The summed E-state index contributed by atoms with van der Waals surface area (Å²) in [6, 6.07) is 10.1. The summed E-state index contributed by atoms with van der Waals surface area (Å²) >= 11 is 0. The fourth-order valence-corrected chi connectivity index (χ4v) is 11.5. The van der Waals surface area contributed by atoms with Gasteiger partial charge in [0.2, 0.25) is 12.1 Å². The quantitative estimate of drug-likeness (QED) is 0.274. The van der Waals surface area contributed by atoms with E-state index >= 15 is 0 Å². The Balaban J connectivity index is 0.00000312. The molecule has 0 amide bonds. The molecule has 0 N–H and O–H groups in total. The first-order valence-electron chi connectivity index (χ1n) is 17.4. The maximum absolute atomic E-state index is 12.8. The summed E-state index contributed by atoms with van der Waals surface area (Å²) in [5.41, 5.74) is 3.18. The van der Waals surface area contributed by atoms with E-state index in [0.717, 1.165) is 42.8 Å². The summed E-state index contributed by atoms with van der Waals surface area (Å²) < 4.78 is 18.0. The number of ether oxygens (including phenoxy) is 2. The number of rotatable bonds is 4. The number of carbonyl (C=O) groups excluding carboxylic acids is 1. The molecule has 1 aromatic heterocycles. The van der Waals surface area contributed by atoms with Gasteiger partial charge in [0.1, 0.15) is 18.4 Å². The standard InChI is InChI=1S/C38H51N2O3.BrH/c1-25-12-17-38(42-23-25)26(2)35-34(43-38)21-32-30-11-10-28-20-29(13-15-36(28,3)31(30)14-16-37(32,35)4)40-19-18-39(24-40)22-33(41)27-8-6-5-7-9-27;/h5-10,18-19,24-26,29-32,34-35H,11-17,20-23H2,1-4H3;1H/q+1;/p-1/t25-,26+,29-,30-,31+,32+,34+,35+,36+,37+,38-;/m1./s1. The maximum atomic E-state index is 12.8. The summed E-state index contributed by atoms with van der Waals surface area (Å²) in [5.74, 6) is 3.97. The van der Waals surface area contributed by atoms with E-state index in [9.17, 15) is 4.79 Å². The highest BCUT2D eigenvalue weighted by molar-refractivity contribution is 5.94. The van der Waals surface area contributed by atoms with E-state index in [2.05, 4.69) is 61.6 Å². The monoisotopic (exact) mass is 662 g/mol. The van der Waals surface area contributed by atoms with Crippen molar-refractivity contribution in [2.45, 2.75) is 110 Å². The van der Waals surface area contributed by atoms with Crippen LogP contribution in [0.2, 0.25) is 0 Å². The fourth-order valence-electron chi connectivity index (χ4n) is 11.5. The highest BCUT2D eigenvalue weighted by Gasteiger charge is 2.68. The van der Waals surface area contributed by atoms with Crippen LogP contribution in [0.5, 0.6) is 0 Å². The molecule has 6 aliphatic rings. The minimum atomic E-state index is -0.317. The maximum Gasteiger partial charge on any atom is 0.244 e. The lowest BCUT2D eigenvalue weighted by Crippen LogP contribution is -3.00. The molecule has 44 heavy (non-hydrogen) atoms. The van der Waals surface area contributed by atoms with E-state index in [1.54, 1.807) is 5.57 Å². The van der Waals surface area contributed by atoms with Gasteiger partial charge in [-0.25, -0.2) is 9.13 Å². The highest BCUT2D eigenvalue weighted by atomic mass is 79.9. The average Bonchev–Trinajstić information content (AvgIpc) is 3.67. The smallest absolute Gasteiger partial charge is 0.244 e. The van der Waals surface area contributed by atoms with Crippen LogP contribution in [0.4, 0.5) is 0 Å². The number of imidazole rings is 1. The molecule has 0 unspecified atom stereocenters. The minimum absolute atomic E-state index is 0. The molecule has 2 aliphatic heterocycles. The third kappa shape index (κ3) is 4.67. The molecule has 6 heteroatoms. The van der Waals surface area contributed by atoms with Gasteiger partial charge < -0.3 is 26.5 Å². The molecule has 5 fully saturated rings. The predicted molar refractivity (Wildman–Crippen MR) is 166 cm³/mol. The number of hydrogen-bond acceptors (Lipinski definition) is 3. The van der Waals surface area contributed by atoms with Crippen LogP contribution >= 0.6 is 0 Å². The topological polar surface area (TPSA) is 44.3 Å². The predicted octanol–water partition coefficient (Wildman–Crippen LogP) is 4.57. The molecule has 4 aliphatic carbocycles. The molecule has 3 heterocycles. The third-order valence-corrected chi connectivity index (χ3v) is 13.9. The van der Waals surface area contributed by atoms with Crippen molar-refractivity contribution in [3.8, 4) is 0 Å². The Bertz CT molecular complexity index is 1410.